The summed E-state index contributed by atoms with van der Waals surface area (Å²) < 4.78 is 5.17. The first-order chi connectivity index (χ1) is 5.43. The van der Waals surface area contributed by atoms with Crippen LogP contribution in [0.5, 0.6) is 0 Å². The van der Waals surface area contributed by atoms with Gasteiger partial charge in [0.2, 0.25) is 0 Å². The molecule has 0 saturated carbocycles. The van der Waals surface area contributed by atoms with Crippen LogP contribution in [0.4, 0.5) is 0 Å². The zero-order chi connectivity index (χ0) is 9.35. The molecule has 12 heavy (non-hydrogen) atoms. The second kappa shape index (κ2) is 3.72. The molecule has 68 valence electrons. The monoisotopic (exact) mass is 242 g/mol. The van der Waals surface area contributed by atoms with Gasteiger partial charge in [-0.3, -0.25) is 0 Å². The van der Waals surface area contributed by atoms with E-state index in [0.717, 1.165) is 16.3 Å². The van der Waals surface area contributed by atoms with E-state index in [1.54, 1.807) is 0 Å². The van der Waals surface area contributed by atoms with Gasteiger partial charge < -0.3 is 4.74 Å². The third kappa shape index (κ3) is 2.27. The van der Waals surface area contributed by atoms with Gasteiger partial charge in [-0.25, -0.2) is 0 Å². The van der Waals surface area contributed by atoms with Crippen LogP contribution in [0.15, 0.2) is 22.9 Å². The fraction of sp³-hybridized carbons (Fsp3) is 0.429. The van der Waals surface area contributed by atoms with E-state index in [-0.39, 0.29) is 0 Å². The third-order valence-electron chi connectivity index (χ3n) is 1.83. The molecule has 0 N–H and O–H groups in total. The number of rotatable bonds is 1. The van der Waals surface area contributed by atoms with Crippen LogP contribution in [0.25, 0.3) is 0 Å². The Hall–Kier alpha value is 0.527. The summed E-state index contributed by atoms with van der Waals surface area (Å²) in [7, 11) is 0. The molecule has 0 radical (unpaired) electrons. The number of ether oxygens (including phenoxy) is 1. The molecule has 5 heteroatoms. The van der Waals surface area contributed by atoms with E-state index in [0.29, 0.717) is 13.2 Å². The lowest BCUT2D eigenvalue weighted by Gasteiger charge is -2.11. The molecule has 0 aromatic rings. The van der Waals surface area contributed by atoms with Crippen LogP contribution in [-0.2, 0) is 4.74 Å². The first-order valence-corrected chi connectivity index (χ1v) is 8.49. The van der Waals surface area contributed by atoms with Gasteiger partial charge in [-0.05, 0) is 23.3 Å². The second-order valence-electron chi connectivity index (χ2n) is 2.70. The van der Waals surface area contributed by atoms with Crippen LogP contribution in [0.2, 0.25) is 0 Å². The van der Waals surface area contributed by atoms with Crippen molar-refractivity contribution in [2.75, 3.05) is 13.2 Å². The molecule has 0 aliphatic carbocycles. The highest BCUT2D eigenvalue weighted by molar-refractivity contribution is 7.67. The lowest BCUT2D eigenvalue weighted by molar-refractivity contribution is 0.215. The van der Waals surface area contributed by atoms with Crippen LogP contribution in [-0.4, -0.2) is 19.2 Å². The van der Waals surface area contributed by atoms with E-state index < -0.39 is 6.00 Å². The Morgan fingerprint density at radius 1 is 1.42 bits per heavy atom. The van der Waals surface area contributed by atoms with Crippen molar-refractivity contribution in [2.24, 2.45) is 0 Å². The van der Waals surface area contributed by atoms with Gasteiger partial charge in [0.15, 0.2) is 0 Å². The molecule has 1 fully saturated rings. The lowest BCUT2D eigenvalue weighted by Crippen LogP contribution is -2.14. The Balaban J connectivity index is 2.97. The minimum atomic E-state index is -2.71. The highest BCUT2D eigenvalue weighted by Gasteiger charge is 2.32. The number of hydrogen-bond acceptors (Lipinski definition) is 1. The molecule has 0 bridgehead atoms. The molecule has 1 rings (SSSR count). The van der Waals surface area contributed by atoms with Gasteiger partial charge in [-0.15, -0.1) is 33.2 Å². The van der Waals surface area contributed by atoms with Gasteiger partial charge >= 0.3 is 6.00 Å². The van der Waals surface area contributed by atoms with Crippen LogP contribution in [0.1, 0.15) is 6.92 Å². The maximum absolute atomic E-state index is 5.84. The average Bonchev–Trinajstić information content (AvgIpc) is 2.31. The predicted octanol–water partition coefficient (Wildman–Crippen LogP) is 3.08. The lowest BCUT2D eigenvalue weighted by atomic mass is 10.1. The van der Waals surface area contributed by atoms with Crippen LogP contribution in [0, 0.1) is 0 Å². The molecule has 0 aromatic carbocycles. The van der Waals surface area contributed by atoms with Gasteiger partial charge in [-0.1, -0.05) is 6.58 Å². The standard InChI is InChI=1S/C7H9Cl3OSi/c1-5-3-11-4-7(5)6(2)12(8,9)10/h1,3-4H2,2H3/b7-6+. The van der Waals surface area contributed by atoms with E-state index in [1.807, 2.05) is 6.92 Å². The quantitative estimate of drug-likeness (QED) is 0.508. The summed E-state index contributed by atoms with van der Waals surface area (Å²) in [5.74, 6) is 0. The fourth-order valence-corrected chi connectivity index (χ4v) is 2.63. The Bertz CT molecular complexity index is 242. The summed E-state index contributed by atoms with van der Waals surface area (Å²) in [5, 5.41) is 0.843. The van der Waals surface area contributed by atoms with E-state index in [4.69, 9.17) is 38.0 Å². The number of allylic oxidation sites excluding steroid dienone is 1. The highest BCUT2D eigenvalue weighted by Crippen LogP contribution is 2.34. The average molecular weight is 244 g/mol. The molecular weight excluding hydrogens is 235 g/mol. The van der Waals surface area contributed by atoms with Crippen molar-refractivity contribution in [2.45, 2.75) is 6.92 Å². The molecule has 0 aromatic heterocycles. The summed E-state index contributed by atoms with van der Waals surface area (Å²) in [6.07, 6.45) is 0. The third-order valence-corrected chi connectivity index (χ3v) is 5.53. The Labute approximate surface area is 87.1 Å². The minimum Gasteiger partial charge on any atom is -0.372 e. The molecular formula is C7H9Cl3OSi. The number of halogens is 3. The molecule has 0 atom stereocenters. The van der Waals surface area contributed by atoms with Crippen molar-refractivity contribution >= 4 is 39.2 Å². The van der Waals surface area contributed by atoms with Gasteiger partial charge in [-0.2, -0.15) is 0 Å². The van der Waals surface area contributed by atoms with Crippen molar-refractivity contribution in [3.05, 3.63) is 22.9 Å². The van der Waals surface area contributed by atoms with Crippen molar-refractivity contribution in [3.63, 3.8) is 0 Å². The van der Waals surface area contributed by atoms with E-state index in [2.05, 4.69) is 6.58 Å². The van der Waals surface area contributed by atoms with Gasteiger partial charge in [0.1, 0.15) is 0 Å². The normalized spacial score (nSPS) is 23.2. The molecule has 0 amide bonds. The smallest absolute Gasteiger partial charge is 0.368 e. The van der Waals surface area contributed by atoms with Crippen molar-refractivity contribution in [3.8, 4) is 0 Å². The molecule has 1 saturated heterocycles. The Kier molecular flexibility index (Phi) is 3.29. The summed E-state index contributed by atoms with van der Waals surface area (Å²) in [4.78, 5) is 0. The molecule has 1 nitrogen and oxygen atoms in total. The summed E-state index contributed by atoms with van der Waals surface area (Å²) >= 11 is 17.5. The van der Waals surface area contributed by atoms with E-state index in [1.165, 1.54) is 0 Å². The maximum Gasteiger partial charge on any atom is 0.368 e. The predicted molar refractivity (Wildman–Crippen MR) is 56.0 cm³/mol. The Morgan fingerprint density at radius 2 is 2.00 bits per heavy atom. The van der Waals surface area contributed by atoms with Crippen molar-refractivity contribution in [1.29, 1.82) is 0 Å². The fourth-order valence-electron chi connectivity index (χ4n) is 1.01. The van der Waals surface area contributed by atoms with Gasteiger partial charge in [0.05, 0.1) is 13.2 Å². The molecule has 1 aliphatic heterocycles. The van der Waals surface area contributed by atoms with E-state index >= 15 is 0 Å². The highest BCUT2D eigenvalue weighted by atomic mass is 35.8. The second-order valence-corrected chi connectivity index (χ2v) is 11.3. The summed E-state index contributed by atoms with van der Waals surface area (Å²) in [6.45, 7) is 6.77. The topological polar surface area (TPSA) is 9.23 Å². The summed E-state index contributed by atoms with van der Waals surface area (Å²) in [5.41, 5.74) is 1.92. The molecule has 1 aliphatic rings. The van der Waals surface area contributed by atoms with Crippen molar-refractivity contribution < 1.29 is 4.74 Å². The van der Waals surface area contributed by atoms with Crippen LogP contribution >= 0.6 is 33.2 Å². The summed E-state index contributed by atoms with van der Waals surface area (Å²) in [6, 6.07) is -2.71. The number of hydrogen-bond donors (Lipinski definition) is 0. The van der Waals surface area contributed by atoms with Crippen LogP contribution in [0.3, 0.4) is 0 Å². The largest absolute Gasteiger partial charge is 0.372 e. The SMILES string of the molecule is C=C1COC/C1=C(/C)[Si](Cl)(Cl)Cl. The van der Waals surface area contributed by atoms with Gasteiger partial charge in [0.25, 0.3) is 0 Å². The minimum absolute atomic E-state index is 0.533. The first kappa shape index (κ1) is 10.6. The zero-order valence-corrected chi connectivity index (χ0v) is 9.93. The first-order valence-electron chi connectivity index (χ1n) is 3.45. The van der Waals surface area contributed by atoms with Crippen molar-refractivity contribution in [1.82, 2.24) is 0 Å². The maximum atomic E-state index is 5.84. The molecule has 0 unspecified atom stereocenters. The van der Waals surface area contributed by atoms with Gasteiger partial charge in [0, 0.05) is 0 Å². The van der Waals surface area contributed by atoms with Crippen LogP contribution < -0.4 is 0 Å². The molecule has 0 spiro atoms. The zero-order valence-electron chi connectivity index (χ0n) is 6.66. The molecule has 1 heterocycles. The van der Waals surface area contributed by atoms with E-state index in [9.17, 15) is 0 Å². The Morgan fingerprint density at radius 3 is 2.33 bits per heavy atom.